The summed E-state index contributed by atoms with van der Waals surface area (Å²) >= 11 is 5.07. The van der Waals surface area contributed by atoms with Gasteiger partial charge in [0.1, 0.15) is 10.7 Å². The summed E-state index contributed by atoms with van der Waals surface area (Å²) in [5.74, 6) is 0.815. The van der Waals surface area contributed by atoms with Crippen LogP contribution in [0.4, 0.5) is 5.69 Å². The molecular formula is C13H18N2OS. The molecule has 1 aromatic rings. The molecule has 0 bridgehead atoms. The van der Waals surface area contributed by atoms with Crippen LogP contribution in [0.1, 0.15) is 31.7 Å². The van der Waals surface area contributed by atoms with Crippen molar-refractivity contribution in [2.75, 3.05) is 12.4 Å². The standard InChI is InChI=1S/C13H18N2OS/c1-13(6-3-7-13)15-11-8-9(16-2)4-5-10(11)12(14)17/h4-5,8,15H,3,6-7H2,1-2H3,(H2,14,17). The molecule has 0 aromatic heterocycles. The molecule has 92 valence electrons. The van der Waals surface area contributed by atoms with E-state index in [1.54, 1.807) is 7.11 Å². The Bertz CT molecular complexity index is 441. The number of hydrogen-bond acceptors (Lipinski definition) is 3. The van der Waals surface area contributed by atoms with E-state index in [1.807, 2.05) is 18.2 Å². The summed E-state index contributed by atoms with van der Waals surface area (Å²) in [6.45, 7) is 2.22. The van der Waals surface area contributed by atoms with Gasteiger partial charge in [0.15, 0.2) is 0 Å². The molecule has 0 saturated heterocycles. The third kappa shape index (κ3) is 2.52. The highest BCUT2D eigenvalue weighted by atomic mass is 32.1. The number of hydrogen-bond donors (Lipinski definition) is 2. The lowest BCUT2D eigenvalue weighted by Crippen LogP contribution is -2.42. The minimum absolute atomic E-state index is 0.173. The summed E-state index contributed by atoms with van der Waals surface area (Å²) < 4.78 is 5.23. The van der Waals surface area contributed by atoms with Gasteiger partial charge in [-0.1, -0.05) is 12.2 Å². The third-order valence-corrected chi connectivity index (χ3v) is 3.61. The fourth-order valence-corrected chi connectivity index (χ4v) is 2.30. The zero-order chi connectivity index (χ0) is 12.5. The summed E-state index contributed by atoms with van der Waals surface area (Å²) in [5, 5.41) is 3.53. The molecule has 0 unspecified atom stereocenters. The van der Waals surface area contributed by atoms with Gasteiger partial charge in [-0.15, -0.1) is 0 Å². The molecule has 1 aliphatic carbocycles. The highest BCUT2D eigenvalue weighted by molar-refractivity contribution is 7.80. The van der Waals surface area contributed by atoms with E-state index in [0.717, 1.165) is 17.0 Å². The van der Waals surface area contributed by atoms with Gasteiger partial charge in [0.2, 0.25) is 0 Å². The van der Waals surface area contributed by atoms with Crippen molar-refractivity contribution < 1.29 is 4.74 Å². The molecule has 3 N–H and O–H groups in total. The predicted molar refractivity (Wildman–Crippen MR) is 74.8 cm³/mol. The van der Waals surface area contributed by atoms with Crippen LogP contribution in [0, 0.1) is 0 Å². The normalized spacial score (nSPS) is 17.1. The largest absolute Gasteiger partial charge is 0.497 e. The van der Waals surface area contributed by atoms with Crippen molar-refractivity contribution in [3.8, 4) is 5.75 Å². The number of ether oxygens (including phenoxy) is 1. The number of benzene rings is 1. The number of nitrogens with two attached hydrogens (primary N) is 1. The van der Waals surface area contributed by atoms with Gasteiger partial charge in [-0.3, -0.25) is 0 Å². The van der Waals surface area contributed by atoms with Crippen LogP contribution in [-0.2, 0) is 0 Å². The Morgan fingerprint density at radius 2 is 2.18 bits per heavy atom. The molecule has 0 spiro atoms. The summed E-state index contributed by atoms with van der Waals surface area (Å²) in [4.78, 5) is 0.415. The van der Waals surface area contributed by atoms with Crippen LogP contribution >= 0.6 is 12.2 Å². The van der Waals surface area contributed by atoms with Gasteiger partial charge in [0, 0.05) is 22.9 Å². The second-order valence-corrected chi connectivity index (χ2v) is 5.25. The molecule has 1 aromatic carbocycles. The first kappa shape index (κ1) is 12.2. The van der Waals surface area contributed by atoms with Gasteiger partial charge in [-0.05, 0) is 38.3 Å². The maximum Gasteiger partial charge on any atom is 0.120 e. The quantitative estimate of drug-likeness (QED) is 0.807. The first-order valence-corrected chi connectivity index (χ1v) is 6.21. The van der Waals surface area contributed by atoms with Crippen molar-refractivity contribution in [1.82, 2.24) is 0 Å². The lowest BCUT2D eigenvalue weighted by atomic mass is 9.78. The van der Waals surface area contributed by atoms with Crippen molar-refractivity contribution in [3.63, 3.8) is 0 Å². The highest BCUT2D eigenvalue weighted by Crippen LogP contribution is 2.36. The summed E-state index contributed by atoms with van der Waals surface area (Å²) in [7, 11) is 1.66. The number of rotatable bonds is 4. The van der Waals surface area contributed by atoms with Gasteiger partial charge in [-0.2, -0.15) is 0 Å². The Kier molecular flexibility index (Phi) is 3.24. The van der Waals surface area contributed by atoms with E-state index in [9.17, 15) is 0 Å². The number of anilines is 1. The van der Waals surface area contributed by atoms with Crippen molar-refractivity contribution in [2.45, 2.75) is 31.7 Å². The maximum atomic E-state index is 5.74. The highest BCUT2D eigenvalue weighted by Gasteiger charge is 2.32. The molecule has 1 saturated carbocycles. The summed E-state index contributed by atoms with van der Waals surface area (Å²) in [6.07, 6.45) is 3.64. The molecule has 3 nitrogen and oxygen atoms in total. The van der Waals surface area contributed by atoms with Crippen molar-refractivity contribution in [1.29, 1.82) is 0 Å². The van der Waals surface area contributed by atoms with E-state index in [2.05, 4.69) is 12.2 Å². The van der Waals surface area contributed by atoms with Crippen LogP contribution in [0.5, 0.6) is 5.75 Å². The summed E-state index contributed by atoms with van der Waals surface area (Å²) in [5.41, 5.74) is 7.76. The van der Waals surface area contributed by atoms with E-state index in [1.165, 1.54) is 19.3 Å². The Balaban J connectivity index is 2.31. The molecule has 0 amide bonds. The second kappa shape index (κ2) is 4.53. The van der Waals surface area contributed by atoms with Gasteiger partial charge in [0.05, 0.1) is 7.11 Å². The average Bonchev–Trinajstić information content (AvgIpc) is 2.26. The Hall–Kier alpha value is -1.29. The molecule has 17 heavy (non-hydrogen) atoms. The van der Waals surface area contributed by atoms with Crippen molar-refractivity contribution in [3.05, 3.63) is 23.8 Å². The predicted octanol–water partition coefficient (Wildman–Crippen LogP) is 2.68. The molecule has 1 aliphatic rings. The summed E-state index contributed by atoms with van der Waals surface area (Å²) in [6, 6.07) is 5.74. The smallest absolute Gasteiger partial charge is 0.120 e. The topological polar surface area (TPSA) is 47.3 Å². The van der Waals surface area contributed by atoms with Gasteiger partial charge in [0.25, 0.3) is 0 Å². The Morgan fingerprint density at radius 3 is 2.65 bits per heavy atom. The van der Waals surface area contributed by atoms with Gasteiger partial charge >= 0.3 is 0 Å². The van der Waals surface area contributed by atoms with Gasteiger partial charge < -0.3 is 15.8 Å². The zero-order valence-corrected chi connectivity index (χ0v) is 11.1. The number of nitrogens with one attached hydrogen (secondary N) is 1. The Labute approximate surface area is 107 Å². The lowest BCUT2D eigenvalue weighted by molar-refractivity contribution is 0.306. The first-order valence-electron chi connectivity index (χ1n) is 5.80. The van der Waals surface area contributed by atoms with Crippen molar-refractivity contribution in [2.24, 2.45) is 5.73 Å². The van der Waals surface area contributed by atoms with E-state index in [0.29, 0.717) is 4.99 Å². The van der Waals surface area contributed by atoms with Crippen LogP contribution in [0.2, 0.25) is 0 Å². The fourth-order valence-electron chi connectivity index (χ4n) is 2.13. The van der Waals surface area contributed by atoms with E-state index < -0.39 is 0 Å². The van der Waals surface area contributed by atoms with Crippen LogP contribution in [0.3, 0.4) is 0 Å². The molecule has 4 heteroatoms. The maximum absolute atomic E-state index is 5.74. The molecule has 2 rings (SSSR count). The fraction of sp³-hybridized carbons (Fsp3) is 0.462. The molecule has 0 atom stereocenters. The van der Waals surface area contributed by atoms with Crippen molar-refractivity contribution >= 4 is 22.9 Å². The number of methoxy groups -OCH3 is 1. The SMILES string of the molecule is COc1ccc(C(N)=S)c(NC2(C)CCC2)c1. The monoisotopic (exact) mass is 250 g/mol. The second-order valence-electron chi connectivity index (χ2n) is 4.81. The van der Waals surface area contributed by atoms with Gasteiger partial charge in [-0.25, -0.2) is 0 Å². The molecule has 0 radical (unpaired) electrons. The van der Waals surface area contributed by atoms with Crippen LogP contribution < -0.4 is 15.8 Å². The Morgan fingerprint density at radius 1 is 1.47 bits per heavy atom. The van der Waals surface area contributed by atoms with E-state index >= 15 is 0 Å². The molecule has 0 aliphatic heterocycles. The molecule has 1 fully saturated rings. The van der Waals surface area contributed by atoms with Crippen LogP contribution in [-0.4, -0.2) is 17.6 Å². The van der Waals surface area contributed by atoms with Crippen LogP contribution in [0.25, 0.3) is 0 Å². The minimum atomic E-state index is 0.173. The van der Waals surface area contributed by atoms with E-state index in [-0.39, 0.29) is 5.54 Å². The number of thiocarbonyl (C=S) groups is 1. The zero-order valence-electron chi connectivity index (χ0n) is 10.2. The lowest BCUT2D eigenvalue weighted by Gasteiger charge is -2.40. The molecule has 0 heterocycles. The third-order valence-electron chi connectivity index (χ3n) is 3.39. The molecular weight excluding hydrogens is 232 g/mol. The van der Waals surface area contributed by atoms with Crippen LogP contribution in [0.15, 0.2) is 18.2 Å². The first-order chi connectivity index (χ1) is 8.04. The van der Waals surface area contributed by atoms with E-state index in [4.69, 9.17) is 22.7 Å². The average molecular weight is 250 g/mol. The minimum Gasteiger partial charge on any atom is -0.497 e.